The van der Waals surface area contributed by atoms with Gasteiger partial charge in [-0.1, -0.05) is 24.3 Å². The van der Waals surface area contributed by atoms with E-state index in [0.717, 1.165) is 11.1 Å². The van der Waals surface area contributed by atoms with Crippen molar-refractivity contribution in [3.05, 3.63) is 35.4 Å². The molecule has 0 aromatic heterocycles. The van der Waals surface area contributed by atoms with Crippen LogP contribution in [0.1, 0.15) is 25.0 Å². The van der Waals surface area contributed by atoms with Gasteiger partial charge in [0.15, 0.2) is 0 Å². The number of nitrogens with two attached hydrogens (primary N) is 1. The van der Waals surface area contributed by atoms with Gasteiger partial charge in [0.05, 0.1) is 5.75 Å². The average Bonchev–Trinajstić information content (AvgIpc) is 2.57. The lowest BCUT2D eigenvalue weighted by Crippen LogP contribution is -2.44. The van der Waals surface area contributed by atoms with Crippen molar-refractivity contribution in [3.8, 4) is 0 Å². The van der Waals surface area contributed by atoms with Gasteiger partial charge in [-0.3, -0.25) is 0 Å². The van der Waals surface area contributed by atoms with E-state index in [9.17, 15) is 8.42 Å². The summed E-state index contributed by atoms with van der Waals surface area (Å²) in [6.07, 6.45) is 0. The summed E-state index contributed by atoms with van der Waals surface area (Å²) in [5, 5.41) is 0. The molecule has 1 aliphatic rings. The molecule has 2 rings (SSSR count). The SMILES string of the molecule is CC(C)(N)CS(=O)(=O)N1Cc2ccccc2C1. The number of sulfonamides is 1. The molecule has 0 saturated heterocycles. The molecule has 2 N–H and O–H groups in total. The minimum atomic E-state index is -3.28. The van der Waals surface area contributed by atoms with Crippen LogP contribution in [0.2, 0.25) is 0 Å². The van der Waals surface area contributed by atoms with E-state index in [1.165, 1.54) is 4.31 Å². The van der Waals surface area contributed by atoms with Crippen LogP contribution in [0, 0.1) is 0 Å². The number of fused-ring (bicyclic) bond motifs is 1. The number of rotatable bonds is 3. The molecule has 1 heterocycles. The summed E-state index contributed by atoms with van der Waals surface area (Å²) in [5.74, 6) is -0.0199. The van der Waals surface area contributed by atoms with Crippen LogP contribution in [0.15, 0.2) is 24.3 Å². The van der Waals surface area contributed by atoms with Crippen molar-refractivity contribution >= 4 is 10.0 Å². The molecule has 0 fully saturated rings. The fraction of sp³-hybridized carbons (Fsp3) is 0.500. The third-order valence-corrected chi connectivity index (χ3v) is 4.91. The van der Waals surface area contributed by atoms with E-state index in [4.69, 9.17) is 5.73 Å². The highest BCUT2D eigenvalue weighted by molar-refractivity contribution is 7.89. The average molecular weight is 254 g/mol. The van der Waals surface area contributed by atoms with Crippen molar-refractivity contribution in [1.29, 1.82) is 0 Å². The first kappa shape index (κ1) is 12.5. The fourth-order valence-electron chi connectivity index (χ4n) is 2.06. The third-order valence-electron chi connectivity index (χ3n) is 2.76. The Morgan fingerprint density at radius 2 is 1.71 bits per heavy atom. The Kier molecular flexibility index (Phi) is 3.01. The molecule has 0 amide bonds. The van der Waals surface area contributed by atoms with Gasteiger partial charge in [-0.15, -0.1) is 0 Å². The Bertz CT molecular complexity index is 493. The number of hydrogen-bond donors (Lipinski definition) is 1. The highest BCUT2D eigenvalue weighted by Gasteiger charge is 2.32. The highest BCUT2D eigenvalue weighted by atomic mass is 32.2. The van der Waals surface area contributed by atoms with Gasteiger partial charge in [0, 0.05) is 18.6 Å². The van der Waals surface area contributed by atoms with E-state index in [-0.39, 0.29) is 5.75 Å². The molecule has 0 saturated carbocycles. The first-order valence-electron chi connectivity index (χ1n) is 5.61. The van der Waals surface area contributed by atoms with Crippen LogP contribution in [-0.2, 0) is 23.1 Å². The molecule has 1 aromatic rings. The third kappa shape index (κ3) is 2.86. The molecule has 0 spiro atoms. The van der Waals surface area contributed by atoms with Crippen LogP contribution in [0.5, 0.6) is 0 Å². The molecule has 0 atom stereocenters. The molecule has 1 aliphatic heterocycles. The molecule has 0 bridgehead atoms. The minimum absolute atomic E-state index is 0.0199. The largest absolute Gasteiger partial charge is 0.325 e. The van der Waals surface area contributed by atoms with Gasteiger partial charge < -0.3 is 5.73 Å². The van der Waals surface area contributed by atoms with Crippen molar-refractivity contribution in [2.24, 2.45) is 5.73 Å². The molecule has 0 aliphatic carbocycles. The predicted octanol–water partition coefficient (Wildman–Crippen LogP) is 1.07. The van der Waals surface area contributed by atoms with Crippen LogP contribution in [0.4, 0.5) is 0 Å². The fourth-order valence-corrected chi connectivity index (χ4v) is 3.85. The standard InChI is InChI=1S/C12H18N2O2S/c1-12(2,13)9-17(15,16)14-7-10-5-3-4-6-11(10)8-14/h3-6H,7-9,13H2,1-2H3. The lowest BCUT2D eigenvalue weighted by molar-refractivity contribution is 0.420. The van der Waals surface area contributed by atoms with E-state index in [1.807, 2.05) is 24.3 Å². The van der Waals surface area contributed by atoms with Crippen LogP contribution in [0.3, 0.4) is 0 Å². The molecule has 5 heteroatoms. The van der Waals surface area contributed by atoms with Gasteiger partial charge in [-0.2, -0.15) is 4.31 Å². The number of nitrogens with zero attached hydrogens (tertiary/aromatic N) is 1. The number of hydrogen-bond acceptors (Lipinski definition) is 3. The van der Waals surface area contributed by atoms with E-state index in [1.54, 1.807) is 13.8 Å². The molecule has 1 aromatic carbocycles. The van der Waals surface area contributed by atoms with Crippen molar-refractivity contribution in [2.45, 2.75) is 32.5 Å². The molecule has 17 heavy (non-hydrogen) atoms. The molecule has 94 valence electrons. The van der Waals surface area contributed by atoms with Crippen LogP contribution < -0.4 is 5.73 Å². The van der Waals surface area contributed by atoms with E-state index in [0.29, 0.717) is 13.1 Å². The molecule has 4 nitrogen and oxygen atoms in total. The summed E-state index contributed by atoms with van der Waals surface area (Å²) in [6, 6.07) is 7.81. The first-order valence-corrected chi connectivity index (χ1v) is 7.22. The Labute approximate surface area is 102 Å². The predicted molar refractivity (Wildman–Crippen MR) is 67.7 cm³/mol. The van der Waals surface area contributed by atoms with Crippen molar-refractivity contribution in [1.82, 2.24) is 4.31 Å². The van der Waals surface area contributed by atoms with Gasteiger partial charge in [-0.25, -0.2) is 8.42 Å². The quantitative estimate of drug-likeness (QED) is 0.877. The lowest BCUT2D eigenvalue weighted by Gasteiger charge is -2.23. The second kappa shape index (κ2) is 4.08. The van der Waals surface area contributed by atoms with Crippen molar-refractivity contribution < 1.29 is 8.42 Å². The van der Waals surface area contributed by atoms with Crippen molar-refractivity contribution in [3.63, 3.8) is 0 Å². The normalized spacial score (nSPS) is 17.1. The van der Waals surface area contributed by atoms with Gasteiger partial charge in [-0.05, 0) is 25.0 Å². The Morgan fingerprint density at radius 1 is 1.24 bits per heavy atom. The van der Waals surface area contributed by atoms with Gasteiger partial charge in [0.1, 0.15) is 0 Å². The zero-order chi connectivity index (χ0) is 12.7. The van der Waals surface area contributed by atoms with Gasteiger partial charge in [0.25, 0.3) is 0 Å². The monoisotopic (exact) mass is 254 g/mol. The first-order chi connectivity index (χ1) is 7.78. The second-order valence-electron chi connectivity index (χ2n) is 5.28. The maximum absolute atomic E-state index is 12.2. The second-order valence-corrected chi connectivity index (χ2v) is 7.25. The molecule has 0 unspecified atom stereocenters. The summed E-state index contributed by atoms with van der Waals surface area (Å²) in [5.41, 5.74) is 7.27. The Morgan fingerprint density at radius 3 is 2.12 bits per heavy atom. The highest BCUT2D eigenvalue weighted by Crippen LogP contribution is 2.25. The zero-order valence-corrected chi connectivity index (χ0v) is 11.0. The molecular weight excluding hydrogens is 236 g/mol. The van der Waals surface area contributed by atoms with Crippen LogP contribution in [-0.4, -0.2) is 24.0 Å². The Balaban J connectivity index is 2.18. The molecular formula is C12H18N2O2S. The topological polar surface area (TPSA) is 63.4 Å². The van der Waals surface area contributed by atoms with Crippen LogP contribution >= 0.6 is 0 Å². The summed E-state index contributed by atoms with van der Waals surface area (Å²) in [6.45, 7) is 4.39. The summed E-state index contributed by atoms with van der Waals surface area (Å²) in [4.78, 5) is 0. The Hall–Kier alpha value is -0.910. The summed E-state index contributed by atoms with van der Waals surface area (Å²) < 4.78 is 25.8. The minimum Gasteiger partial charge on any atom is -0.325 e. The van der Waals surface area contributed by atoms with E-state index >= 15 is 0 Å². The van der Waals surface area contributed by atoms with Crippen molar-refractivity contribution in [2.75, 3.05) is 5.75 Å². The van der Waals surface area contributed by atoms with Crippen LogP contribution in [0.25, 0.3) is 0 Å². The number of benzene rings is 1. The van der Waals surface area contributed by atoms with E-state index in [2.05, 4.69) is 0 Å². The maximum atomic E-state index is 12.2. The zero-order valence-electron chi connectivity index (χ0n) is 10.2. The summed E-state index contributed by atoms with van der Waals surface area (Å²) in [7, 11) is -3.28. The maximum Gasteiger partial charge on any atom is 0.216 e. The van der Waals surface area contributed by atoms with Gasteiger partial charge >= 0.3 is 0 Å². The van der Waals surface area contributed by atoms with Gasteiger partial charge in [0.2, 0.25) is 10.0 Å². The summed E-state index contributed by atoms with van der Waals surface area (Å²) >= 11 is 0. The smallest absolute Gasteiger partial charge is 0.216 e. The lowest BCUT2D eigenvalue weighted by atomic mass is 10.1. The molecule has 0 radical (unpaired) electrons. The van der Waals surface area contributed by atoms with E-state index < -0.39 is 15.6 Å².